The molecule has 0 saturated carbocycles. The highest BCUT2D eigenvalue weighted by atomic mass is 16.6. The van der Waals surface area contributed by atoms with Crippen molar-refractivity contribution in [2.75, 3.05) is 12.0 Å². The average molecular weight is 498 g/mol. The number of benzene rings is 3. The zero-order chi connectivity index (χ0) is 26.2. The lowest BCUT2D eigenvalue weighted by atomic mass is 9.86. The van der Waals surface area contributed by atoms with Crippen molar-refractivity contribution < 1.29 is 14.4 Å². The summed E-state index contributed by atoms with van der Waals surface area (Å²) in [5.74, 6) is 0.698. The number of rotatable bonds is 11. The number of carbonyl (C=O) groups is 1. The first-order valence-electron chi connectivity index (χ1n) is 12.7. The molecule has 0 radical (unpaired) electrons. The van der Waals surface area contributed by atoms with Crippen molar-refractivity contribution in [2.45, 2.75) is 51.3 Å². The van der Waals surface area contributed by atoms with E-state index in [1.165, 1.54) is 5.56 Å². The van der Waals surface area contributed by atoms with Gasteiger partial charge in [0.1, 0.15) is 11.9 Å². The van der Waals surface area contributed by atoms with Crippen molar-refractivity contribution in [3.05, 3.63) is 108 Å². The standard InChI is InChI=1S/C31H35N3O3/c1-4-27(21-25(32)20-23-11-7-5-8-12-23)37-33-22(2)19-29-30(24-13-9-6-10-14-24)34(31(29)35)26-15-17-28(36-3)18-16-26/h5-19,25,27,30H,4,20-21,32H2,1-3H3/b29-19+,33-22?. The van der Waals surface area contributed by atoms with E-state index in [4.69, 9.17) is 15.3 Å². The topological polar surface area (TPSA) is 77.2 Å². The number of methoxy groups -OCH3 is 1. The van der Waals surface area contributed by atoms with Crippen LogP contribution in [0.4, 0.5) is 5.69 Å². The molecule has 2 N–H and O–H groups in total. The van der Waals surface area contributed by atoms with Gasteiger partial charge in [-0.15, -0.1) is 0 Å². The molecule has 37 heavy (non-hydrogen) atoms. The molecule has 1 aliphatic heterocycles. The first-order valence-corrected chi connectivity index (χ1v) is 12.7. The molecule has 0 aromatic heterocycles. The number of anilines is 1. The maximum atomic E-state index is 13.3. The molecule has 1 saturated heterocycles. The largest absolute Gasteiger partial charge is 0.497 e. The van der Waals surface area contributed by atoms with Crippen LogP contribution in [-0.2, 0) is 16.1 Å². The van der Waals surface area contributed by atoms with E-state index >= 15 is 0 Å². The van der Waals surface area contributed by atoms with Gasteiger partial charge in [0.15, 0.2) is 0 Å². The molecule has 3 unspecified atom stereocenters. The fraction of sp³-hybridized carbons (Fsp3) is 0.290. The summed E-state index contributed by atoms with van der Waals surface area (Å²) in [7, 11) is 1.63. The minimum atomic E-state index is -0.200. The molecule has 3 aromatic carbocycles. The van der Waals surface area contributed by atoms with Gasteiger partial charge < -0.3 is 15.3 Å². The third kappa shape index (κ3) is 6.46. The monoisotopic (exact) mass is 497 g/mol. The SMILES string of the molecule is CCC(CC(N)Cc1ccccc1)ON=C(C)/C=C1/C(=O)N(c2ccc(OC)cc2)C1c1ccccc1. The van der Waals surface area contributed by atoms with Gasteiger partial charge in [-0.25, -0.2) is 0 Å². The molecule has 192 valence electrons. The van der Waals surface area contributed by atoms with Crippen LogP contribution in [0.5, 0.6) is 5.75 Å². The highest BCUT2D eigenvalue weighted by molar-refractivity contribution is 6.18. The first kappa shape index (κ1) is 26.2. The van der Waals surface area contributed by atoms with E-state index in [0.29, 0.717) is 17.7 Å². The molecule has 6 nitrogen and oxygen atoms in total. The summed E-state index contributed by atoms with van der Waals surface area (Å²) in [6, 6.07) is 27.5. The quantitative estimate of drug-likeness (QED) is 0.156. The number of allylic oxidation sites excluding steroid dienone is 1. The zero-order valence-electron chi connectivity index (χ0n) is 21.7. The van der Waals surface area contributed by atoms with E-state index in [1.54, 1.807) is 12.0 Å². The van der Waals surface area contributed by atoms with Crippen LogP contribution >= 0.6 is 0 Å². The van der Waals surface area contributed by atoms with Gasteiger partial charge >= 0.3 is 0 Å². The van der Waals surface area contributed by atoms with Crippen LogP contribution in [0.3, 0.4) is 0 Å². The molecule has 3 aromatic rings. The lowest BCUT2D eigenvalue weighted by molar-refractivity contribution is -0.119. The van der Waals surface area contributed by atoms with Gasteiger partial charge in [-0.2, -0.15) is 0 Å². The highest BCUT2D eigenvalue weighted by Crippen LogP contribution is 2.43. The Hall–Kier alpha value is -3.90. The van der Waals surface area contributed by atoms with Gasteiger partial charge in [0, 0.05) is 23.7 Å². The Kier molecular flexibility index (Phi) is 8.75. The third-order valence-electron chi connectivity index (χ3n) is 6.56. The molecule has 1 aliphatic rings. The Labute approximate surface area is 219 Å². The van der Waals surface area contributed by atoms with Crippen LogP contribution < -0.4 is 15.4 Å². The molecule has 1 fully saturated rings. The second-order valence-electron chi connectivity index (χ2n) is 9.34. The summed E-state index contributed by atoms with van der Waals surface area (Å²) in [6.45, 7) is 3.92. The lowest BCUT2D eigenvalue weighted by Crippen LogP contribution is -2.49. The predicted octanol–water partition coefficient (Wildman–Crippen LogP) is 5.84. The Morgan fingerprint density at radius 3 is 2.30 bits per heavy atom. The van der Waals surface area contributed by atoms with Crippen LogP contribution in [0.1, 0.15) is 43.9 Å². The van der Waals surface area contributed by atoms with Crippen molar-refractivity contribution >= 4 is 17.3 Å². The molecule has 0 bridgehead atoms. The van der Waals surface area contributed by atoms with Gasteiger partial charge in [0.25, 0.3) is 5.91 Å². The van der Waals surface area contributed by atoms with E-state index in [0.717, 1.165) is 29.8 Å². The molecule has 4 rings (SSSR count). The number of hydrogen-bond acceptors (Lipinski definition) is 5. The second-order valence-corrected chi connectivity index (χ2v) is 9.34. The molecule has 0 spiro atoms. The summed E-state index contributed by atoms with van der Waals surface area (Å²) >= 11 is 0. The maximum absolute atomic E-state index is 13.3. The molecule has 0 aliphatic carbocycles. The Balaban J connectivity index is 1.47. The van der Waals surface area contributed by atoms with Crippen LogP contribution in [0, 0.1) is 0 Å². The number of carbonyl (C=O) groups excluding carboxylic acids is 1. The van der Waals surface area contributed by atoms with Crippen molar-refractivity contribution in [2.24, 2.45) is 10.9 Å². The average Bonchev–Trinajstić information content (AvgIpc) is 2.93. The number of nitrogens with zero attached hydrogens (tertiary/aromatic N) is 2. The van der Waals surface area contributed by atoms with Gasteiger partial charge in [-0.05, 0) is 61.2 Å². The summed E-state index contributed by atoms with van der Waals surface area (Å²) < 4.78 is 5.27. The number of amides is 1. The van der Waals surface area contributed by atoms with Gasteiger partial charge in [0.05, 0.1) is 18.9 Å². The molecular weight excluding hydrogens is 462 g/mol. The Morgan fingerprint density at radius 1 is 1.03 bits per heavy atom. The van der Waals surface area contributed by atoms with Gasteiger partial charge in [-0.1, -0.05) is 72.7 Å². The van der Waals surface area contributed by atoms with Crippen molar-refractivity contribution in [1.82, 2.24) is 0 Å². The van der Waals surface area contributed by atoms with E-state index in [-0.39, 0.29) is 24.1 Å². The van der Waals surface area contributed by atoms with Crippen molar-refractivity contribution in [1.29, 1.82) is 0 Å². The number of β-lactam (4-membered cyclic amide) rings is 1. The van der Waals surface area contributed by atoms with Crippen molar-refractivity contribution in [3.63, 3.8) is 0 Å². The normalized spacial score (nSPS) is 18.3. The summed E-state index contributed by atoms with van der Waals surface area (Å²) in [5, 5.41) is 4.36. The van der Waals surface area contributed by atoms with Crippen molar-refractivity contribution in [3.8, 4) is 5.75 Å². The number of hydrogen-bond donors (Lipinski definition) is 1. The second kappa shape index (κ2) is 12.4. The van der Waals surface area contributed by atoms with Gasteiger partial charge in [0.2, 0.25) is 0 Å². The number of ether oxygens (including phenoxy) is 1. The number of oxime groups is 1. The summed E-state index contributed by atoms with van der Waals surface area (Å²) in [5.41, 5.74) is 10.8. The molecule has 1 amide bonds. The predicted molar refractivity (Wildman–Crippen MR) is 149 cm³/mol. The Morgan fingerprint density at radius 2 is 1.68 bits per heavy atom. The molecule has 6 heteroatoms. The van der Waals surface area contributed by atoms with Crippen LogP contribution in [-0.4, -0.2) is 30.9 Å². The Bertz CT molecular complexity index is 1220. The zero-order valence-corrected chi connectivity index (χ0v) is 21.7. The maximum Gasteiger partial charge on any atom is 0.257 e. The minimum Gasteiger partial charge on any atom is -0.497 e. The van der Waals surface area contributed by atoms with E-state index in [9.17, 15) is 4.79 Å². The van der Waals surface area contributed by atoms with Crippen LogP contribution in [0.25, 0.3) is 0 Å². The smallest absolute Gasteiger partial charge is 0.257 e. The summed E-state index contributed by atoms with van der Waals surface area (Å²) in [6.07, 6.45) is 4.03. The van der Waals surface area contributed by atoms with E-state index in [2.05, 4.69) is 24.2 Å². The fourth-order valence-electron chi connectivity index (χ4n) is 4.59. The summed E-state index contributed by atoms with van der Waals surface area (Å²) in [4.78, 5) is 20.9. The number of nitrogens with two attached hydrogens (primary N) is 1. The van der Waals surface area contributed by atoms with Crippen LogP contribution in [0.15, 0.2) is 102 Å². The fourth-order valence-corrected chi connectivity index (χ4v) is 4.59. The minimum absolute atomic E-state index is 0.0186. The van der Waals surface area contributed by atoms with E-state index < -0.39 is 0 Å². The molecule has 3 atom stereocenters. The van der Waals surface area contributed by atoms with E-state index in [1.807, 2.05) is 85.8 Å². The lowest BCUT2D eigenvalue weighted by Gasteiger charge is -2.43. The van der Waals surface area contributed by atoms with Crippen LogP contribution in [0.2, 0.25) is 0 Å². The molecular formula is C31H35N3O3. The highest BCUT2D eigenvalue weighted by Gasteiger charge is 2.43. The van der Waals surface area contributed by atoms with Gasteiger partial charge in [-0.3, -0.25) is 9.69 Å². The first-order chi connectivity index (χ1) is 18.0. The molecule has 1 heterocycles. The third-order valence-corrected chi connectivity index (χ3v) is 6.56.